The highest BCUT2D eigenvalue weighted by Crippen LogP contribution is 2.37. The van der Waals surface area contributed by atoms with E-state index in [1.165, 1.54) is 17.6 Å². The Morgan fingerprint density at radius 3 is 2.41 bits per heavy atom. The molecule has 0 saturated heterocycles. The molecule has 0 unspecified atom stereocenters. The van der Waals surface area contributed by atoms with Crippen molar-refractivity contribution in [3.8, 4) is 38.2 Å². The summed E-state index contributed by atoms with van der Waals surface area (Å²) in [5.74, 6) is 0.814. The molecule has 0 saturated carbocycles. The van der Waals surface area contributed by atoms with Gasteiger partial charge >= 0.3 is 0 Å². The lowest BCUT2D eigenvalue weighted by Gasteiger charge is -2.10. The van der Waals surface area contributed by atoms with E-state index in [9.17, 15) is 13.2 Å². The van der Waals surface area contributed by atoms with Gasteiger partial charge in [0, 0.05) is 17.7 Å². The fourth-order valence-electron chi connectivity index (χ4n) is 4.25. The zero-order chi connectivity index (χ0) is 29.1. The van der Waals surface area contributed by atoms with Gasteiger partial charge in [-0.3, -0.25) is 4.79 Å². The topological polar surface area (TPSA) is 99.5 Å². The molecule has 0 aliphatic heterocycles. The minimum absolute atomic E-state index is 0.217. The van der Waals surface area contributed by atoms with Gasteiger partial charge in [-0.2, -0.15) is 5.10 Å². The van der Waals surface area contributed by atoms with Gasteiger partial charge in [0.25, 0.3) is 5.91 Å². The number of nitrogens with zero attached hydrogens (tertiary/aromatic N) is 2. The van der Waals surface area contributed by atoms with E-state index >= 15 is 0 Å². The average molecular weight is 608 g/mol. The number of hydrogen-bond donors (Lipinski definition) is 1. The lowest BCUT2D eigenvalue weighted by molar-refractivity contribution is 0.0945. The van der Waals surface area contributed by atoms with E-state index in [-0.39, 0.29) is 23.0 Å². The number of thiophene rings is 1. The third-order valence-corrected chi connectivity index (χ3v) is 8.92. The van der Waals surface area contributed by atoms with Crippen molar-refractivity contribution in [2.45, 2.75) is 11.4 Å². The number of carbonyl (C=O) groups is 1. The van der Waals surface area contributed by atoms with Gasteiger partial charge in [0.15, 0.2) is 27.0 Å². The summed E-state index contributed by atoms with van der Waals surface area (Å²) in [5.41, 5.74) is 3.12. The molecule has 41 heavy (non-hydrogen) atoms. The molecule has 0 atom stereocenters. The predicted octanol–water partition coefficient (Wildman–Crippen LogP) is 6.27. The van der Waals surface area contributed by atoms with Crippen LogP contribution in [0.3, 0.4) is 0 Å². The monoisotopic (exact) mass is 607 g/mol. The first-order chi connectivity index (χ1) is 19.7. The van der Waals surface area contributed by atoms with Crippen molar-refractivity contribution >= 4 is 38.7 Å². The minimum atomic E-state index is -3.35. The number of nitrogens with one attached hydrogen (secondary N) is 1. The summed E-state index contributed by atoms with van der Waals surface area (Å²) in [6, 6.07) is 25.1. The highest BCUT2D eigenvalue weighted by Gasteiger charge is 2.20. The molecule has 0 aliphatic rings. The quantitative estimate of drug-likeness (QED) is 0.212. The zero-order valence-corrected chi connectivity index (χ0v) is 24.8. The second-order valence-electron chi connectivity index (χ2n) is 9.11. The SMILES string of the molecule is COc1ccc(CNC(=O)c2cc(-c3ccc(-c4cccc(S(C)(=O)=O)c4)s3)n(-c3ccccc3Cl)n2)cc1OC. The van der Waals surface area contributed by atoms with E-state index < -0.39 is 9.84 Å². The summed E-state index contributed by atoms with van der Waals surface area (Å²) in [7, 11) is -0.225. The van der Waals surface area contributed by atoms with Crippen LogP contribution in [0.25, 0.3) is 26.7 Å². The van der Waals surface area contributed by atoms with Crippen LogP contribution >= 0.6 is 22.9 Å². The van der Waals surface area contributed by atoms with Crippen LogP contribution in [0.15, 0.2) is 89.8 Å². The number of hydrogen-bond acceptors (Lipinski definition) is 7. The van der Waals surface area contributed by atoms with E-state index in [1.807, 2.05) is 42.5 Å². The number of benzene rings is 3. The van der Waals surface area contributed by atoms with E-state index in [1.54, 1.807) is 61.4 Å². The molecule has 0 radical (unpaired) electrons. The third-order valence-electron chi connectivity index (χ3n) is 6.33. The second kappa shape index (κ2) is 11.8. The minimum Gasteiger partial charge on any atom is -0.493 e. The summed E-state index contributed by atoms with van der Waals surface area (Å²) >= 11 is 7.99. The fraction of sp³-hybridized carbons (Fsp3) is 0.133. The lowest BCUT2D eigenvalue weighted by atomic mass is 10.2. The Morgan fingerprint density at radius 2 is 1.68 bits per heavy atom. The molecule has 3 aromatic carbocycles. The van der Waals surface area contributed by atoms with Gasteiger partial charge in [0.1, 0.15) is 0 Å². The maximum atomic E-state index is 13.2. The Morgan fingerprint density at radius 1 is 0.927 bits per heavy atom. The molecular weight excluding hydrogens is 582 g/mol. The van der Waals surface area contributed by atoms with Crippen LogP contribution < -0.4 is 14.8 Å². The Bertz CT molecular complexity index is 1850. The molecular formula is C30H26ClN3O5S2. The van der Waals surface area contributed by atoms with Crippen LogP contribution in [0.2, 0.25) is 5.02 Å². The van der Waals surface area contributed by atoms with Crippen molar-refractivity contribution in [2.75, 3.05) is 20.5 Å². The molecule has 11 heteroatoms. The van der Waals surface area contributed by atoms with Crippen molar-refractivity contribution in [1.29, 1.82) is 0 Å². The molecule has 0 spiro atoms. The summed E-state index contributed by atoms with van der Waals surface area (Å²) in [6.07, 6.45) is 1.19. The largest absolute Gasteiger partial charge is 0.493 e. The molecule has 1 amide bonds. The molecule has 210 valence electrons. The van der Waals surface area contributed by atoms with Gasteiger partial charge in [0.05, 0.1) is 40.4 Å². The Kier molecular flexibility index (Phi) is 8.16. The number of aromatic nitrogens is 2. The van der Waals surface area contributed by atoms with Crippen LogP contribution in [-0.2, 0) is 16.4 Å². The highest BCUT2D eigenvalue weighted by atomic mass is 35.5. The maximum Gasteiger partial charge on any atom is 0.272 e. The van der Waals surface area contributed by atoms with Crippen LogP contribution in [0.1, 0.15) is 16.1 Å². The lowest BCUT2D eigenvalue weighted by Crippen LogP contribution is -2.23. The van der Waals surface area contributed by atoms with Crippen LogP contribution in [0.4, 0.5) is 0 Å². The number of para-hydroxylation sites is 1. The number of sulfone groups is 1. The average Bonchev–Trinajstić information content (AvgIpc) is 3.64. The normalized spacial score (nSPS) is 11.3. The van der Waals surface area contributed by atoms with Gasteiger partial charge < -0.3 is 14.8 Å². The van der Waals surface area contributed by atoms with E-state index in [0.717, 1.165) is 20.9 Å². The van der Waals surface area contributed by atoms with Gasteiger partial charge in [-0.25, -0.2) is 13.1 Å². The summed E-state index contributed by atoms with van der Waals surface area (Å²) in [5, 5.41) is 8.02. The summed E-state index contributed by atoms with van der Waals surface area (Å²) in [4.78, 5) is 15.2. The number of ether oxygens (including phenoxy) is 2. The smallest absolute Gasteiger partial charge is 0.272 e. The molecule has 2 aromatic heterocycles. The van der Waals surface area contributed by atoms with Crippen molar-refractivity contribution < 1.29 is 22.7 Å². The van der Waals surface area contributed by atoms with Crippen molar-refractivity contribution in [2.24, 2.45) is 0 Å². The first-order valence-electron chi connectivity index (χ1n) is 12.4. The summed E-state index contributed by atoms with van der Waals surface area (Å²) < 4.78 is 36.4. The van der Waals surface area contributed by atoms with Crippen molar-refractivity contribution in [3.05, 3.63) is 101 Å². The molecule has 0 aliphatic carbocycles. The molecule has 8 nitrogen and oxygen atoms in total. The first kappa shape index (κ1) is 28.4. The van der Waals surface area contributed by atoms with Crippen molar-refractivity contribution in [3.63, 3.8) is 0 Å². The number of amides is 1. The molecule has 0 fully saturated rings. The van der Waals surface area contributed by atoms with Gasteiger partial charge in [0.2, 0.25) is 0 Å². The Labute approximate surface area is 247 Å². The van der Waals surface area contributed by atoms with Gasteiger partial charge in [-0.05, 0) is 65.7 Å². The molecule has 5 rings (SSSR count). The molecule has 5 aromatic rings. The predicted molar refractivity (Wildman–Crippen MR) is 161 cm³/mol. The number of carbonyl (C=O) groups excluding carboxylic acids is 1. The van der Waals surface area contributed by atoms with E-state index in [4.69, 9.17) is 21.1 Å². The standard InChI is InChI=1S/C30H26ClN3O5S2/c1-38-26-12-11-19(15-27(26)39-2)18-32-30(35)23-17-25(34(33-23)24-10-5-4-9-22(24)31)29-14-13-28(40-29)20-7-6-8-21(16-20)41(3,36)37/h4-17H,18H2,1-3H3,(H,32,35). The summed E-state index contributed by atoms with van der Waals surface area (Å²) in [6.45, 7) is 0.257. The van der Waals surface area contributed by atoms with Crippen LogP contribution in [0, 0.1) is 0 Å². The van der Waals surface area contributed by atoms with Crippen molar-refractivity contribution in [1.82, 2.24) is 15.1 Å². The van der Waals surface area contributed by atoms with E-state index in [0.29, 0.717) is 27.9 Å². The number of halogens is 1. The molecule has 2 heterocycles. The van der Waals surface area contributed by atoms with Crippen LogP contribution in [-0.4, -0.2) is 44.6 Å². The van der Waals surface area contributed by atoms with Gasteiger partial charge in [-0.1, -0.05) is 41.9 Å². The maximum absolute atomic E-state index is 13.2. The molecule has 0 bridgehead atoms. The molecule has 1 N–H and O–H groups in total. The number of rotatable bonds is 9. The second-order valence-corrected chi connectivity index (χ2v) is 12.6. The van der Waals surface area contributed by atoms with Gasteiger partial charge in [-0.15, -0.1) is 11.3 Å². The Hall–Kier alpha value is -4.12. The van der Waals surface area contributed by atoms with Crippen LogP contribution in [0.5, 0.6) is 11.5 Å². The Balaban J connectivity index is 1.48. The highest BCUT2D eigenvalue weighted by molar-refractivity contribution is 7.90. The first-order valence-corrected chi connectivity index (χ1v) is 15.5. The zero-order valence-electron chi connectivity index (χ0n) is 22.4. The fourth-order valence-corrected chi connectivity index (χ4v) is 6.14. The van der Waals surface area contributed by atoms with E-state index in [2.05, 4.69) is 10.4 Å². The number of methoxy groups -OCH3 is 2. The third kappa shape index (κ3) is 6.14.